The van der Waals surface area contributed by atoms with Crippen LogP contribution in [0.25, 0.3) is 0 Å². The summed E-state index contributed by atoms with van der Waals surface area (Å²) >= 11 is 0. The van der Waals surface area contributed by atoms with Crippen LogP contribution in [-0.4, -0.2) is 22.6 Å². The van der Waals surface area contributed by atoms with Crippen LogP contribution < -0.4 is 10.2 Å². The minimum atomic E-state index is -0.194. The van der Waals surface area contributed by atoms with E-state index in [1.165, 1.54) is 0 Å². The molecule has 0 aliphatic rings. The number of nitrogens with zero attached hydrogens (tertiary/aromatic N) is 4. The van der Waals surface area contributed by atoms with Gasteiger partial charge in [-0.3, -0.25) is 4.79 Å². The Balaban J connectivity index is 1.75. The van der Waals surface area contributed by atoms with Crippen molar-refractivity contribution < 1.29 is 4.79 Å². The summed E-state index contributed by atoms with van der Waals surface area (Å²) in [6.07, 6.45) is 0. The third-order valence-electron chi connectivity index (χ3n) is 4.04. The lowest BCUT2D eigenvalue weighted by molar-refractivity contribution is 0.0982. The Morgan fingerprint density at radius 2 is 1.89 bits per heavy atom. The Bertz CT molecular complexity index is 975. The summed E-state index contributed by atoms with van der Waals surface area (Å²) in [7, 11) is 0. The summed E-state index contributed by atoms with van der Waals surface area (Å²) in [4.78, 5) is 14.5. The number of aryl methyl sites for hydroxylation is 1. The minimum Gasteiger partial charge on any atom is -0.339 e. The van der Waals surface area contributed by atoms with Crippen LogP contribution in [0.1, 0.15) is 28.5 Å². The van der Waals surface area contributed by atoms with Crippen molar-refractivity contribution in [3.05, 3.63) is 77.5 Å². The van der Waals surface area contributed by atoms with Gasteiger partial charge in [-0.05, 0) is 67.9 Å². The van der Waals surface area contributed by atoms with Crippen LogP contribution in [0, 0.1) is 18.3 Å². The number of hydrogen-bond donors (Lipinski definition) is 1. The lowest BCUT2D eigenvalue weighted by atomic mass is 10.2. The SMILES string of the molecule is CCN(C(=O)c1ccc(Nc2ccc(C#N)cc2)nn1)c1cccc(C)c1. The molecule has 0 unspecified atom stereocenters. The van der Waals surface area contributed by atoms with E-state index in [1.807, 2.05) is 38.1 Å². The van der Waals surface area contributed by atoms with Gasteiger partial charge in [0.25, 0.3) is 5.91 Å². The maximum Gasteiger partial charge on any atom is 0.278 e. The number of hydrogen-bond acceptors (Lipinski definition) is 5. The second kappa shape index (κ2) is 8.11. The molecule has 6 nitrogen and oxygen atoms in total. The summed E-state index contributed by atoms with van der Waals surface area (Å²) in [6, 6.07) is 20.2. The Morgan fingerprint density at radius 3 is 2.48 bits per heavy atom. The van der Waals surface area contributed by atoms with Gasteiger partial charge in [0.15, 0.2) is 11.5 Å². The molecule has 1 heterocycles. The Kier molecular flexibility index (Phi) is 5.43. The molecule has 0 atom stereocenters. The molecule has 1 N–H and O–H groups in total. The molecule has 0 fully saturated rings. The number of carbonyl (C=O) groups excluding carboxylic acids is 1. The summed E-state index contributed by atoms with van der Waals surface area (Å²) in [5.74, 6) is 0.329. The van der Waals surface area contributed by atoms with Crippen molar-refractivity contribution in [3.8, 4) is 6.07 Å². The van der Waals surface area contributed by atoms with Crippen LogP contribution >= 0.6 is 0 Å². The molecule has 2 aromatic carbocycles. The molecule has 0 saturated heterocycles. The maximum atomic E-state index is 12.8. The van der Waals surface area contributed by atoms with Gasteiger partial charge < -0.3 is 10.2 Å². The maximum absolute atomic E-state index is 12.8. The summed E-state index contributed by atoms with van der Waals surface area (Å²) in [5.41, 5.74) is 3.58. The van der Waals surface area contributed by atoms with Gasteiger partial charge in [-0.2, -0.15) is 5.26 Å². The van der Waals surface area contributed by atoms with E-state index in [9.17, 15) is 4.79 Å². The number of rotatable bonds is 5. The van der Waals surface area contributed by atoms with E-state index in [4.69, 9.17) is 5.26 Å². The number of aromatic nitrogens is 2. The zero-order valence-corrected chi connectivity index (χ0v) is 15.2. The van der Waals surface area contributed by atoms with Crippen molar-refractivity contribution in [2.75, 3.05) is 16.8 Å². The zero-order chi connectivity index (χ0) is 19.2. The van der Waals surface area contributed by atoms with Crippen molar-refractivity contribution in [2.24, 2.45) is 0 Å². The monoisotopic (exact) mass is 357 g/mol. The van der Waals surface area contributed by atoms with E-state index < -0.39 is 0 Å². The lowest BCUT2D eigenvalue weighted by Gasteiger charge is -2.20. The number of benzene rings is 2. The largest absolute Gasteiger partial charge is 0.339 e. The first-order valence-electron chi connectivity index (χ1n) is 8.60. The van der Waals surface area contributed by atoms with Gasteiger partial charge >= 0.3 is 0 Å². The normalized spacial score (nSPS) is 10.1. The fraction of sp³-hybridized carbons (Fsp3) is 0.143. The molecule has 1 aromatic heterocycles. The Labute approximate surface area is 158 Å². The van der Waals surface area contributed by atoms with Crippen molar-refractivity contribution in [1.29, 1.82) is 5.26 Å². The van der Waals surface area contributed by atoms with E-state index in [2.05, 4.69) is 21.6 Å². The van der Waals surface area contributed by atoms with Gasteiger partial charge in [0, 0.05) is 17.9 Å². The van der Waals surface area contributed by atoms with Gasteiger partial charge in [-0.15, -0.1) is 10.2 Å². The molecular weight excluding hydrogens is 338 g/mol. The molecule has 6 heteroatoms. The van der Waals surface area contributed by atoms with E-state index in [0.29, 0.717) is 17.9 Å². The molecule has 1 amide bonds. The van der Waals surface area contributed by atoms with Crippen LogP contribution in [0.2, 0.25) is 0 Å². The summed E-state index contributed by atoms with van der Waals surface area (Å²) < 4.78 is 0. The van der Waals surface area contributed by atoms with E-state index >= 15 is 0 Å². The van der Waals surface area contributed by atoms with Crippen LogP contribution in [0.4, 0.5) is 17.2 Å². The molecule has 27 heavy (non-hydrogen) atoms. The predicted octanol–water partition coefficient (Wildman–Crippen LogP) is 4.07. The van der Waals surface area contributed by atoms with Gasteiger partial charge in [0.05, 0.1) is 11.6 Å². The number of anilines is 3. The number of nitriles is 1. The molecule has 134 valence electrons. The number of nitrogens with one attached hydrogen (secondary N) is 1. The van der Waals surface area contributed by atoms with Crippen LogP contribution in [0.5, 0.6) is 0 Å². The molecular formula is C21H19N5O. The highest BCUT2D eigenvalue weighted by Gasteiger charge is 2.18. The van der Waals surface area contributed by atoms with Gasteiger partial charge in [0.1, 0.15) is 0 Å². The van der Waals surface area contributed by atoms with Crippen LogP contribution in [-0.2, 0) is 0 Å². The molecule has 0 aliphatic carbocycles. The Morgan fingerprint density at radius 1 is 1.11 bits per heavy atom. The summed E-state index contributed by atoms with van der Waals surface area (Å²) in [5, 5.41) is 20.1. The highest BCUT2D eigenvalue weighted by atomic mass is 16.2. The van der Waals surface area contributed by atoms with Gasteiger partial charge in [-0.1, -0.05) is 12.1 Å². The smallest absolute Gasteiger partial charge is 0.278 e. The molecule has 0 aliphatic heterocycles. The lowest BCUT2D eigenvalue weighted by Crippen LogP contribution is -2.31. The minimum absolute atomic E-state index is 0.194. The second-order valence-corrected chi connectivity index (χ2v) is 6.01. The number of carbonyl (C=O) groups is 1. The molecule has 0 radical (unpaired) electrons. The van der Waals surface area contributed by atoms with Gasteiger partial charge in [0.2, 0.25) is 0 Å². The van der Waals surface area contributed by atoms with E-state index in [1.54, 1.807) is 41.3 Å². The third-order valence-corrected chi connectivity index (χ3v) is 4.04. The van der Waals surface area contributed by atoms with Crippen LogP contribution in [0.3, 0.4) is 0 Å². The van der Waals surface area contributed by atoms with Crippen molar-refractivity contribution >= 4 is 23.1 Å². The molecule has 3 aromatic rings. The molecule has 0 saturated carbocycles. The first-order valence-corrected chi connectivity index (χ1v) is 8.60. The fourth-order valence-electron chi connectivity index (χ4n) is 2.67. The topological polar surface area (TPSA) is 81.9 Å². The summed E-state index contributed by atoms with van der Waals surface area (Å²) in [6.45, 7) is 4.45. The highest BCUT2D eigenvalue weighted by molar-refractivity contribution is 6.04. The van der Waals surface area contributed by atoms with Crippen molar-refractivity contribution in [1.82, 2.24) is 10.2 Å². The van der Waals surface area contributed by atoms with E-state index in [0.717, 1.165) is 16.9 Å². The first-order chi connectivity index (χ1) is 13.1. The fourth-order valence-corrected chi connectivity index (χ4v) is 2.67. The predicted molar refractivity (Wildman–Crippen MR) is 105 cm³/mol. The van der Waals surface area contributed by atoms with Gasteiger partial charge in [-0.25, -0.2) is 0 Å². The standard InChI is InChI=1S/C21H19N5O/c1-3-26(18-6-4-5-15(2)13-18)21(27)19-11-12-20(25-24-19)23-17-9-7-16(14-22)8-10-17/h4-13H,3H2,1-2H3,(H,23,25). The zero-order valence-electron chi connectivity index (χ0n) is 15.2. The highest BCUT2D eigenvalue weighted by Crippen LogP contribution is 2.19. The number of amides is 1. The quantitative estimate of drug-likeness (QED) is 0.744. The van der Waals surface area contributed by atoms with Crippen molar-refractivity contribution in [2.45, 2.75) is 13.8 Å². The third kappa shape index (κ3) is 4.28. The van der Waals surface area contributed by atoms with Crippen LogP contribution in [0.15, 0.2) is 60.7 Å². The average Bonchev–Trinajstić information content (AvgIpc) is 2.70. The Hall–Kier alpha value is -3.72. The second-order valence-electron chi connectivity index (χ2n) is 6.01. The average molecular weight is 357 g/mol. The molecule has 3 rings (SSSR count). The molecule has 0 bridgehead atoms. The first kappa shape index (κ1) is 18.1. The molecule has 0 spiro atoms. The van der Waals surface area contributed by atoms with E-state index in [-0.39, 0.29) is 11.6 Å². The van der Waals surface area contributed by atoms with Crippen molar-refractivity contribution in [3.63, 3.8) is 0 Å².